The molecule has 2 heterocycles. The number of alkyl halides is 3. The number of rotatable bonds is 8. The Morgan fingerprint density at radius 2 is 1.84 bits per heavy atom. The summed E-state index contributed by atoms with van der Waals surface area (Å²) in [6.45, 7) is 2.09. The summed E-state index contributed by atoms with van der Waals surface area (Å²) in [5.74, 6) is -0.877. The number of nitrogens with zero attached hydrogens (tertiary/aromatic N) is 2. The number of benzene rings is 2. The quantitative estimate of drug-likeness (QED) is 0.421. The van der Waals surface area contributed by atoms with E-state index in [-0.39, 0.29) is 11.3 Å². The number of nitrogens with one attached hydrogen (secondary N) is 1. The van der Waals surface area contributed by atoms with Crippen LogP contribution in [0, 0.1) is 0 Å². The second-order valence-electron chi connectivity index (χ2n) is 9.85. The molecule has 11 heteroatoms. The minimum absolute atomic E-state index is 0.0578. The molecule has 5 nitrogen and oxygen atoms in total. The number of amides is 1. The fraction of sp³-hybridized carbons (Fsp3) is 0.500. The van der Waals surface area contributed by atoms with E-state index in [1.54, 1.807) is 25.2 Å². The van der Waals surface area contributed by atoms with E-state index in [1.807, 2.05) is 12.1 Å². The molecule has 1 N–H and O–H groups in total. The molecular weight excluding hydrogens is 563 g/mol. The molecular formula is C26H30Cl3F2N3O2S. The summed E-state index contributed by atoms with van der Waals surface area (Å²) in [6.07, 6.45) is 2.07. The molecule has 0 saturated carbocycles. The maximum absolute atomic E-state index is 13.6. The van der Waals surface area contributed by atoms with Gasteiger partial charge in [-0.15, -0.1) is 0 Å². The fourth-order valence-corrected chi connectivity index (χ4v) is 7.96. The number of piperidine rings is 1. The van der Waals surface area contributed by atoms with Crippen molar-refractivity contribution in [3.63, 3.8) is 0 Å². The van der Waals surface area contributed by atoms with Gasteiger partial charge in [0.05, 0.1) is 20.3 Å². The average Bonchev–Trinajstić information content (AvgIpc) is 3.14. The molecule has 2 aromatic rings. The summed E-state index contributed by atoms with van der Waals surface area (Å²) >= 11 is 17.5. The van der Waals surface area contributed by atoms with Crippen molar-refractivity contribution in [2.24, 2.45) is 0 Å². The van der Waals surface area contributed by atoms with Crippen LogP contribution in [0.3, 0.4) is 0 Å². The molecule has 202 valence electrons. The molecule has 0 radical (unpaired) electrons. The Kier molecular flexibility index (Phi) is 8.58. The molecule has 0 bridgehead atoms. The zero-order valence-corrected chi connectivity index (χ0v) is 23.8. The van der Waals surface area contributed by atoms with Crippen LogP contribution in [0.15, 0.2) is 42.5 Å². The summed E-state index contributed by atoms with van der Waals surface area (Å²) in [4.78, 5) is 15.5. The van der Waals surface area contributed by atoms with E-state index in [2.05, 4.69) is 22.3 Å². The molecule has 1 unspecified atom stereocenters. The monoisotopic (exact) mass is 591 g/mol. The molecule has 2 aliphatic heterocycles. The lowest BCUT2D eigenvalue weighted by atomic mass is 9.84. The van der Waals surface area contributed by atoms with Gasteiger partial charge in [-0.25, -0.2) is 0 Å². The number of hydrogen-bond acceptors (Lipinski definition) is 4. The number of fused-ring (bicyclic) bond motifs is 2. The zero-order valence-electron chi connectivity index (χ0n) is 20.7. The van der Waals surface area contributed by atoms with Gasteiger partial charge in [-0.1, -0.05) is 53.5 Å². The highest BCUT2D eigenvalue weighted by Crippen LogP contribution is 2.46. The maximum Gasteiger partial charge on any atom is 0.399 e. The molecule has 1 amide bonds. The molecule has 37 heavy (non-hydrogen) atoms. The summed E-state index contributed by atoms with van der Waals surface area (Å²) in [5.41, 5.74) is 2.21. The maximum atomic E-state index is 13.6. The van der Waals surface area contributed by atoms with Crippen molar-refractivity contribution in [2.45, 2.75) is 40.7 Å². The van der Waals surface area contributed by atoms with E-state index in [4.69, 9.17) is 34.8 Å². The Labute approximate surface area is 233 Å². The van der Waals surface area contributed by atoms with Crippen LogP contribution >= 0.6 is 34.8 Å². The Morgan fingerprint density at radius 1 is 1.16 bits per heavy atom. The summed E-state index contributed by atoms with van der Waals surface area (Å²) < 4.78 is 40.0. The van der Waals surface area contributed by atoms with E-state index in [0.717, 1.165) is 36.4 Å². The Hall–Kier alpha value is -1.29. The van der Waals surface area contributed by atoms with Crippen LogP contribution < -0.4 is 5.32 Å². The molecule has 2 aliphatic rings. The molecule has 1 spiro atoms. The standard InChI is InChI=1S/C26H30Cl3F2N3O2S/c1-32-24(17-33(2)23(35)26(29,30)31,19-7-8-21(27)22(28)15-19)9-12-34-13-10-25(11-14-34)20-6-4-3-5-18(20)16-37(25)36/h3-8,15,32H,9-14,16-17H2,1-2H3/t24?,37-/m0/s1. The molecule has 0 aliphatic carbocycles. The second kappa shape index (κ2) is 11.1. The number of likely N-dealkylation sites (N-methyl/N-ethyl adjacent to an activating group) is 2. The van der Waals surface area contributed by atoms with Crippen molar-refractivity contribution in [3.05, 3.63) is 69.2 Å². The van der Waals surface area contributed by atoms with Crippen molar-refractivity contribution >= 4 is 51.5 Å². The Bertz CT molecular complexity index is 1190. The van der Waals surface area contributed by atoms with Crippen LogP contribution in [0.25, 0.3) is 0 Å². The van der Waals surface area contributed by atoms with Gasteiger partial charge in [0.2, 0.25) is 0 Å². The number of hydrogen-bond donors (Lipinski definition) is 1. The Morgan fingerprint density at radius 3 is 2.46 bits per heavy atom. The third-order valence-corrected chi connectivity index (χ3v) is 10.8. The number of halogens is 5. The van der Waals surface area contributed by atoms with Gasteiger partial charge < -0.3 is 15.1 Å². The van der Waals surface area contributed by atoms with Crippen LogP contribution in [0.2, 0.25) is 10.0 Å². The highest BCUT2D eigenvalue weighted by atomic mass is 35.5. The highest BCUT2D eigenvalue weighted by Gasteiger charge is 2.47. The number of carbonyl (C=O) groups excluding carboxylic acids is 1. The van der Waals surface area contributed by atoms with Crippen molar-refractivity contribution in [1.29, 1.82) is 0 Å². The van der Waals surface area contributed by atoms with E-state index >= 15 is 0 Å². The molecule has 2 aromatic carbocycles. The van der Waals surface area contributed by atoms with Crippen molar-refractivity contribution in [3.8, 4) is 0 Å². The lowest BCUT2D eigenvalue weighted by molar-refractivity contribution is -0.146. The van der Waals surface area contributed by atoms with E-state index in [0.29, 0.717) is 28.8 Å². The Balaban J connectivity index is 1.53. The van der Waals surface area contributed by atoms with Gasteiger partial charge in [0.1, 0.15) is 0 Å². The largest absolute Gasteiger partial charge is 0.399 e. The lowest BCUT2D eigenvalue weighted by Crippen LogP contribution is -2.54. The predicted molar refractivity (Wildman–Crippen MR) is 146 cm³/mol. The van der Waals surface area contributed by atoms with Crippen LogP contribution in [0.4, 0.5) is 8.78 Å². The number of likely N-dealkylation sites (tertiary alicyclic amines) is 1. The van der Waals surface area contributed by atoms with E-state index < -0.39 is 27.6 Å². The molecule has 1 fully saturated rings. The van der Waals surface area contributed by atoms with Crippen LogP contribution in [-0.4, -0.2) is 65.6 Å². The summed E-state index contributed by atoms with van der Waals surface area (Å²) in [6, 6.07) is 13.3. The minimum atomic E-state index is -4.00. The summed E-state index contributed by atoms with van der Waals surface area (Å²) in [5, 5.41) is -0.0299. The highest BCUT2D eigenvalue weighted by molar-refractivity contribution is 7.85. The third kappa shape index (κ3) is 5.70. The molecule has 0 aromatic heterocycles. The van der Waals surface area contributed by atoms with Gasteiger partial charge in [-0.05, 0) is 79.8 Å². The SMILES string of the molecule is CNC(CCN1CCC2(CC1)c1ccccc1C[S@@]2=O)(CN(C)C(=O)C(F)(F)Cl)c1ccc(Cl)c(Cl)c1. The van der Waals surface area contributed by atoms with Crippen LogP contribution in [0.1, 0.15) is 36.0 Å². The normalized spacial score (nSPS) is 21.0. The van der Waals surface area contributed by atoms with Gasteiger partial charge in [0.25, 0.3) is 0 Å². The van der Waals surface area contributed by atoms with Gasteiger partial charge >= 0.3 is 11.3 Å². The van der Waals surface area contributed by atoms with Gasteiger partial charge in [-0.3, -0.25) is 9.00 Å². The predicted octanol–water partition coefficient (Wildman–Crippen LogP) is 5.34. The van der Waals surface area contributed by atoms with Crippen molar-refractivity contribution in [1.82, 2.24) is 15.1 Å². The fourth-order valence-electron chi connectivity index (χ4n) is 5.63. The van der Waals surface area contributed by atoms with Gasteiger partial charge in [-0.2, -0.15) is 8.78 Å². The van der Waals surface area contributed by atoms with E-state index in [1.165, 1.54) is 18.2 Å². The van der Waals surface area contributed by atoms with Crippen molar-refractivity contribution < 1.29 is 17.8 Å². The zero-order chi connectivity index (χ0) is 27.0. The smallest absolute Gasteiger partial charge is 0.337 e. The van der Waals surface area contributed by atoms with Gasteiger partial charge in [0, 0.05) is 36.7 Å². The number of carbonyl (C=O) groups is 1. The first-order chi connectivity index (χ1) is 17.4. The third-order valence-electron chi connectivity index (χ3n) is 7.80. The first kappa shape index (κ1) is 28.7. The van der Waals surface area contributed by atoms with Crippen LogP contribution in [0.5, 0.6) is 0 Å². The lowest BCUT2D eigenvalue weighted by Gasteiger charge is -2.42. The molecule has 4 rings (SSSR count). The average molecular weight is 593 g/mol. The minimum Gasteiger partial charge on any atom is -0.337 e. The van der Waals surface area contributed by atoms with Gasteiger partial charge in [0.15, 0.2) is 0 Å². The van der Waals surface area contributed by atoms with Crippen molar-refractivity contribution in [2.75, 3.05) is 40.3 Å². The molecule has 1 saturated heterocycles. The first-order valence-corrected chi connectivity index (χ1v) is 14.5. The topological polar surface area (TPSA) is 52.7 Å². The van der Waals surface area contributed by atoms with Crippen LogP contribution in [-0.2, 0) is 31.6 Å². The summed E-state index contributed by atoms with van der Waals surface area (Å²) in [7, 11) is 2.08. The van der Waals surface area contributed by atoms with E-state index in [9.17, 15) is 17.8 Å². The second-order valence-corrected chi connectivity index (χ2v) is 12.9. The first-order valence-electron chi connectivity index (χ1n) is 12.1. The molecule has 2 atom stereocenters.